The van der Waals surface area contributed by atoms with Gasteiger partial charge in [0, 0.05) is 25.4 Å². The molecule has 35 heavy (non-hydrogen) atoms. The van der Waals surface area contributed by atoms with E-state index in [4.69, 9.17) is 4.42 Å². The standard InChI is InChI=1S/C25H27N5O4S/c1-3-21-15-27-25(34-21)22-13-20(14-26)23(28-17(22)2)30-11-9-19(10-12-30)24(31)29-35(32,33)16-18-7-5-4-6-8-18/h4-8,13,15,19H,3,9-12,16H2,1-2H3,(H,29,31). The molecular weight excluding hydrogens is 466 g/mol. The van der Waals surface area contributed by atoms with Gasteiger partial charge in [0.15, 0.2) is 0 Å². The lowest BCUT2D eigenvalue weighted by Gasteiger charge is -2.32. The highest BCUT2D eigenvalue weighted by Gasteiger charge is 2.29. The predicted molar refractivity (Wildman–Crippen MR) is 131 cm³/mol. The van der Waals surface area contributed by atoms with Crippen LogP contribution >= 0.6 is 0 Å². The maximum atomic E-state index is 12.7. The van der Waals surface area contributed by atoms with Gasteiger partial charge in [0.25, 0.3) is 0 Å². The van der Waals surface area contributed by atoms with E-state index in [1.165, 1.54) is 0 Å². The summed E-state index contributed by atoms with van der Waals surface area (Å²) >= 11 is 0. The Morgan fingerprint density at radius 2 is 1.97 bits per heavy atom. The summed E-state index contributed by atoms with van der Waals surface area (Å²) in [6.45, 7) is 4.78. The van der Waals surface area contributed by atoms with E-state index in [0.717, 1.165) is 12.2 Å². The highest BCUT2D eigenvalue weighted by atomic mass is 32.2. The number of carbonyl (C=O) groups is 1. The van der Waals surface area contributed by atoms with Gasteiger partial charge in [0.05, 0.1) is 28.8 Å². The molecule has 1 aromatic carbocycles. The number of aromatic nitrogens is 2. The molecule has 1 N–H and O–H groups in total. The SMILES string of the molecule is CCc1cnc(-c2cc(C#N)c(N3CCC(C(=O)NS(=O)(=O)Cc4ccccc4)CC3)nc2C)o1. The third kappa shape index (κ3) is 5.69. The molecule has 2 aromatic heterocycles. The van der Waals surface area contributed by atoms with Crippen LogP contribution in [0.15, 0.2) is 47.0 Å². The average Bonchev–Trinajstić information content (AvgIpc) is 3.33. The number of rotatable bonds is 7. The van der Waals surface area contributed by atoms with E-state index in [1.807, 2.05) is 18.7 Å². The number of nitrogens with zero attached hydrogens (tertiary/aromatic N) is 4. The first-order valence-corrected chi connectivity index (χ1v) is 13.1. The molecule has 3 aromatic rings. The molecule has 182 valence electrons. The van der Waals surface area contributed by atoms with E-state index in [2.05, 4.69) is 20.8 Å². The minimum Gasteiger partial charge on any atom is -0.441 e. The number of hydrogen-bond acceptors (Lipinski definition) is 8. The van der Waals surface area contributed by atoms with Crippen LogP contribution in [0.2, 0.25) is 0 Å². The predicted octanol–water partition coefficient (Wildman–Crippen LogP) is 3.34. The van der Waals surface area contributed by atoms with Gasteiger partial charge in [0.2, 0.25) is 21.8 Å². The molecule has 0 aliphatic carbocycles. The summed E-state index contributed by atoms with van der Waals surface area (Å²) in [5.41, 5.74) is 2.38. The Morgan fingerprint density at radius 3 is 2.60 bits per heavy atom. The lowest BCUT2D eigenvalue weighted by molar-refractivity contribution is -0.123. The Hall–Kier alpha value is -3.71. The van der Waals surface area contributed by atoms with Gasteiger partial charge < -0.3 is 9.32 Å². The number of piperidine rings is 1. The van der Waals surface area contributed by atoms with E-state index < -0.39 is 21.8 Å². The molecule has 9 nitrogen and oxygen atoms in total. The van der Waals surface area contributed by atoms with Gasteiger partial charge in [-0.25, -0.2) is 18.4 Å². The molecule has 1 fully saturated rings. The monoisotopic (exact) mass is 493 g/mol. The zero-order valence-electron chi connectivity index (χ0n) is 19.7. The van der Waals surface area contributed by atoms with Crippen LogP contribution < -0.4 is 9.62 Å². The Labute approximate surface area is 204 Å². The Morgan fingerprint density at radius 1 is 1.26 bits per heavy atom. The molecule has 0 bridgehead atoms. The van der Waals surface area contributed by atoms with Gasteiger partial charge in [-0.2, -0.15) is 5.26 Å². The molecule has 0 atom stereocenters. The molecule has 1 aliphatic heterocycles. The molecule has 4 rings (SSSR count). The van der Waals surface area contributed by atoms with Crippen molar-refractivity contribution in [3.63, 3.8) is 0 Å². The molecule has 1 saturated heterocycles. The van der Waals surface area contributed by atoms with Crippen LogP contribution in [0.3, 0.4) is 0 Å². The molecule has 3 heterocycles. The van der Waals surface area contributed by atoms with Gasteiger partial charge >= 0.3 is 0 Å². The van der Waals surface area contributed by atoms with Crippen molar-refractivity contribution in [2.75, 3.05) is 18.0 Å². The largest absolute Gasteiger partial charge is 0.441 e. The Balaban J connectivity index is 1.42. The van der Waals surface area contributed by atoms with E-state index in [-0.39, 0.29) is 5.75 Å². The third-order valence-electron chi connectivity index (χ3n) is 6.07. The van der Waals surface area contributed by atoms with Crippen molar-refractivity contribution in [1.29, 1.82) is 5.26 Å². The van der Waals surface area contributed by atoms with Gasteiger partial charge in [-0.15, -0.1) is 0 Å². The zero-order valence-corrected chi connectivity index (χ0v) is 20.5. The molecular formula is C25H27N5O4S. The number of oxazole rings is 1. The van der Waals surface area contributed by atoms with Crippen molar-refractivity contribution in [2.24, 2.45) is 5.92 Å². The van der Waals surface area contributed by atoms with Crippen molar-refractivity contribution in [2.45, 2.75) is 38.9 Å². The van der Waals surface area contributed by atoms with E-state index in [1.54, 1.807) is 42.6 Å². The van der Waals surface area contributed by atoms with Crippen LogP contribution in [-0.4, -0.2) is 37.4 Å². The van der Waals surface area contributed by atoms with E-state index in [9.17, 15) is 18.5 Å². The number of benzene rings is 1. The number of nitriles is 1. The van der Waals surface area contributed by atoms with Crippen molar-refractivity contribution < 1.29 is 17.6 Å². The maximum absolute atomic E-state index is 12.7. The van der Waals surface area contributed by atoms with Gasteiger partial charge in [-0.3, -0.25) is 9.52 Å². The zero-order chi connectivity index (χ0) is 25.0. The molecule has 0 unspecified atom stereocenters. The number of carbonyl (C=O) groups excluding carboxylic acids is 1. The number of amides is 1. The highest BCUT2D eigenvalue weighted by Crippen LogP contribution is 2.30. The number of nitrogens with one attached hydrogen (secondary N) is 1. The number of sulfonamides is 1. The summed E-state index contributed by atoms with van der Waals surface area (Å²) in [6, 6.07) is 12.7. The number of anilines is 1. The van der Waals surface area contributed by atoms with Gasteiger partial charge in [-0.05, 0) is 31.4 Å². The molecule has 0 radical (unpaired) electrons. The second-order valence-corrected chi connectivity index (χ2v) is 10.3. The van der Waals surface area contributed by atoms with Crippen LogP contribution in [0.25, 0.3) is 11.5 Å². The lowest BCUT2D eigenvalue weighted by atomic mass is 9.96. The molecule has 1 aliphatic rings. The average molecular weight is 494 g/mol. The molecule has 0 spiro atoms. The second kappa shape index (κ2) is 10.3. The lowest BCUT2D eigenvalue weighted by Crippen LogP contribution is -2.43. The van der Waals surface area contributed by atoms with Crippen molar-refractivity contribution in [3.8, 4) is 17.5 Å². The van der Waals surface area contributed by atoms with Gasteiger partial charge in [-0.1, -0.05) is 37.3 Å². The van der Waals surface area contributed by atoms with Crippen molar-refractivity contribution in [1.82, 2.24) is 14.7 Å². The summed E-state index contributed by atoms with van der Waals surface area (Å²) in [7, 11) is -3.78. The van der Waals surface area contributed by atoms with Crippen LogP contribution in [0.5, 0.6) is 0 Å². The second-order valence-electron chi connectivity index (χ2n) is 8.56. The molecule has 10 heteroatoms. The maximum Gasteiger partial charge on any atom is 0.239 e. The first-order valence-electron chi connectivity index (χ1n) is 11.5. The normalized spacial score (nSPS) is 14.5. The van der Waals surface area contributed by atoms with E-state index in [0.29, 0.717) is 60.0 Å². The Kier molecular flexibility index (Phi) is 7.17. The molecule has 0 saturated carbocycles. The van der Waals surface area contributed by atoms with E-state index >= 15 is 0 Å². The number of pyridine rings is 1. The summed E-state index contributed by atoms with van der Waals surface area (Å²) in [4.78, 5) is 23.6. The number of hydrogen-bond donors (Lipinski definition) is 1. The van der Waals surface area contributed by atoms with Crippen molar-refractivity contribution >= 4 is 21.7 Å². The minimum absolute atomic E-state index is 0.246. The minimum atomic E-state index is -3.78. The quantitative estimate of drug-likeness (QED) is 0.530. The van der Waals surface area contributed by atoms with Gasteiger partial charge in [0.1, 0.15) is 17.6 Å². The first kappa shape index (κ1) is 24.4. The topological polar surface area (TPSA) is 129 Å². The summed E-state index contributed by atoms with van der Waals surface area (Å²) in [5, 5.41) is 9.75. The smallest absolute Gasteiger partial charge is 0.239 e. The van der Waals surface area contributed by atoms with Crippen molar-refractivity contribution in [3.05, 3.63) is 65.2 Å². The van der Waals surface area contributed by atoms with Crippen LogP contribution in [0.1, 0.15) is 42.3 Å². The third-order valence-corrected chi connectivity index (χ3v) is 7.29. The summed E-state index contributed by atoms with van der Waals surface area (Å²) in [6.07, 6.45) is 3.31. The Bertz CT molecular complexity index is 1350. The van der Waals surface area contributed by atoms with Crippen LogP contribution in [0, 0.1) is 24.2 Å². The summed E-state index contributed by atoms with van der Waals surface area (Å²) in [5.74, 6) is 0.574. The van der Waals surface area contributed by atoms with Crippen LogP contribution in [0.4, 0.5) is 5.82 Å². The fourth-order valence-corrected chi connectivity index (χ4v) is 5.32. The first-order chi connectivity index (χ1) is 16.8. The fourth-order valence-electron chi connectivity index (χ4n) is 4.15. The summed E-state index contributed by atoms with van der Waals surface area (Å²) < 4.78 is 32.8. The highest BCUT2D eigenvalue weighted by molar-refractivity contribution is 7.89. The molecule has 1 amide bonds. The fraction of sp³-hybridized carbons (Fsp3) is 0.360. The van der Waals surface area contributed by atoms with Crippen LogP contribution in [-0.2, 0) is 27.0 Å². The number of aryl methyl sites for hydroxylation is 2.